The Hall–Kier alpha value is -3.33. The number of piperazine rings is 1. The molecule has 0 unspecified atom stereocenters. The topological polar surface area (TPSA) is 91.3 Å². The summed E-state index contributed by atoms with van der Waals surface area (Å²) >= 11 is 1.83. The van der Waals surface area contributed by atoms with Gasteiger partial charge >= 0.3 is 0 Å². The summed E-state index contributed by atoms with van der Waals surface area (Å²) in [4.78, 5) is 47.3. The van der Waals surface area contributed by atoms with Gasteiger partial charge in [-0.1, -0.05) is 12.2 Å². The highest BCUT2D eigenvalue weighted by Crippen LogP contribution is 2.40. The van der Waals surface area contributed by atoms with Crippen LogP contribution in [0, 0.1) is 18.8 Å². The van der Waals surface area contributed by atoms with Crippen molar-refractivity contribution in [1.82, 2.24) is 19.9 Å². The number of nitrogens with one attached hydrogen (secondary N) is 1. The van der Waals surface area contributed by atoms with Crippen molar-refractivity contribution in [2.75, 3.05) is 36.4 Å². The molecule has 4 heterocycles. The average Bonchev–Trinajstić information content (AvgIpc) is 3.31. The van der Waals surface area contributed by atoms with E-state index in [1.54, 1.807) is 18.5 Å². The first-order valence-corrected chi connectivity index (χ1v) is 14.1. The predicted molar refractivity (Wildman–Crippen MR) is 146 cm³/mol. The number of rotatable bonds is 4. The second-order valence-corrected chi connectivity index (χ2v) is 11.3. The van der Waals surface area contributed by atoms with Crippen LogP contribution in [0.25, 0.3) is 10.2 Å². The third-order valence-corrected chi connectivity index (χ3v) is 9.00. The number of thiophene rings is 1. The summed E-state index contributed by atoms with van der Waals surface area (Å²) in [6.07, 6.45) is 13.2. The largest absolute Gasteiger partial charge is 0.352 e. The van der Waals surface area contributed by atoms with E-state index in [0.29, 0.717) is 31.6 Å². The fourth-order valence-corrected chi connectivity index (χ4v) is 7.19. The summed E-state index contributed by atoms with van der Waals surface area (Å²) in [5, 5.41) is 4.18. The highest BCUT2D eigenvalue weighted by Gasteiger charge is 2.37. The van der Waals surface area contributed by atoms with Crippen molar-refractivity contribution in [1.29, 1.82) is 0 Å². The highest BCUT2D eigenvalue weighted by molar-refractivity contribution is 7.19. The van der Waals surface area contributed by atoms with E-state index in [0.717, 1.165) is 42.4 Å². The monoisotopic (exact) mass is 516 g/mol. The number of pyridine rings is 1. The van der Waals surface area contributed by atoms with Crippen LogP contribution in [0.2, 0.25) is 0 Å². The van der Waals surface area contributed by atoms with E-state index in [4.69, 9.17) is 9.97 Å². The number of amides is 2. The summed E-state index contributed by atoms with van der Waals surface area (Å²) in [5.41, 5.74) is 2.10. The van der Waals surface area contributed by atoms with Crippen LogP contribution in [-0.4, -0.2) is 57.8 Å². The van der Waals surface area contributed by atoms with Gasteiger partial charge in [-0.15, -0.1) is 11.3 Å². The molecule has 3 aromatic rings. The van der Waals surface area contributed by atoms with E-state index < -0.39 is 0 Å². The number of allylic oxidation sites excluding steroid dienone is 2. The van der Waals surface area contributed by atoms with Crippen molar-refractivity contribution in [2.45, 2.75) is 45.4 Å². The molecular weight excluding hydrogens is 484 g/mol. The molecule has 1 saturated heterocycles. The molecule has 192 valence electrons. The van der Waals surface area contributed by atoms with Crippen molar-refractivity contribution in [3.8, 4) is 0 Å². The lowest BCUT2D eigenvalue weighted by molar-refractivity contribution is -0.141. The minimum atomic E-state index is -0.378. The van der Waals surface area contributed by atoms with E-state index in [-0.39, 0.29) is 23.7 Å². The lowest BCUT2D eigenvalue weighted by Crippen LogP contribution is -2.52. The summed E-state index contributed by atoms with van der Waals surface area (Å²) in [6.45, 7) is 4.70. The number of aryl methyl sites for hydroxylation is 3. The Morgan fingerprint density at radius 1 is 1.03 bits per heavy atom. The van der Waals surface area contributed by atoms with Gasteiger partial charge in [0.05, 0.1) is 29.1 Å². The molecule has 8 nitrogen and oxygen atoms in total. The molecule has 2 amide bonds. The van der Waals surface area contributed by atoms with E-state index in [1.807, 2.05) is 41.4 Å². The number of aromatic nitrogens is 3. The van der Waals surface area contributed by atoms with Gasteiger partial charge in [0.15, 0.2) is 0 Å². The van der Waals surface area contributed by atoms with Crippen molar-refractivity contribution in [3.63, 3.8) is 0 Å². The zero-order chi connectivity index (χ0) is 25.4. The van der Waals surface area contributed by atoms with Crippen LogP contribution in [0.1, 0.15) is 41.9 Å². The SMILES string of the molecule is Cc1nc(N2CCN(C(=O)[C@@H]3CC=CC[C@H]3C(=O)Nc3cccnc3)CC2)c2c3c(sc2n1)CCCC3. The quantitative estimate of drug-likeness (QED) is 0.524. The van der Waals surface area contributed by atoms with Gasteiger partial charge in [0.25, 0.3) is 0 Å². The van der Waals surface area contributed by atoms with Gasteiger partial charge in [0, 0.05) is 37.3 Å². The minimum absolute atomic E-state index is 0.0762. The number of hydrogen-bond acceptors (Lipinski definition) is 7. The smallest absolute Gasteiger partial charge is 0.228 e. The summed E-state index contributed by atoms with van der Waals surface area (Å²) in [5.74, 6) is 1.07. The predicted octanol–water partition coefficient (Wildman–Crippen LogP) is 4.14. The fraction of sp³-hybridized carbons (Fsp3) is 0.464. The Labute approximate surface area is 220 Å². The van der Waals surface area contributed by atoms with Crippen LogP contribution in [0.5, 0.6) is 0 Å². The zero-order valence-corrected chi connectivity index (χ0v) is 22.0. The van der Waals surface area contributed by atoms with Crippen molar-refractivity contribution in [3.05, 3.63) is 52.9 Å². The summed E-state index contributed by atoms with van der Waals surface area (Å²) in [7, 11) is 0. The molecule has 3 aromatic heterocycles. The van der Waals surface area contributed by atoms with Gasteiger partial charge in [-0.2, -0.15) is 0 Å². The van der Waals surface area contributed by atoms with Gasteiger partial charge in [-0.05, 0) is 63.1 Å². The molecular formula is C28H32N6O2S. The Morgan fingerprint density at radius 2 is 1.81 bits per heavy atom. The Kier molecular flexibility index (Phi) is 6.63. The number of nitrogens with zero attached hydrogens (tertiary/aromatic N) is 5. The van der Waals surface area contributed by atoms with Crippen LogP contribution in [0.4, 0.5) is 11.5 Å². The van der Waals surface area contributed by atoms with Crippen LogP contribution in [-0.2, 0) is 22.4 Å². The van der Waals surface area contributed by atoms with Crippen LogP contribution in [0.3, 0.4) is 0 Å². The molecule has 0 spiro atoms. The number of anilines is 2. The molecule has 9 heteroatoms. The van der Waals surface area contributed by atoms with Gasteiger partial charge in [0.1, 0.15) is 16.5 Å². The Morgan fingerprint density at radius 3 is 2.59 bits per heavy atom. The zero-order valence-electron chi connectivity index (χ0n) is 21.2. The second-order valence-electron chi connectivity index (χ2n) is 10.2. The molecule has 37 heavy (non-hydrogen) atoms. The third kappa shape index (κ3) is 4.72. The lowest BCUT2D eigenvalue weighted by atomic mass is 9.81. The maximum Gasteiger partial charge on any atom is 0.228 e. The number of fused-ring (bicyclic) bond motifs is 3. The van der Waals surface area contributed by atoms with Gasteiger partial charge in [-0.25, -0.2) is 9.97 Å². The fourth-order valence-electron chi connectivity index (χ4n) is 5.89. The molecule has 0 radical (unpaired) electrons. The standard InChI is InChI=1S/C28H32N6O2S/c1-18-30-25(24-22-10-4-5-11-23(22)37-27(24)31-18)33-13-15-34(16-14-33)28(36)21-9-3-2-8-20(21)26(35)32-19-7-6-12-29-17-19/h2-3,6-7,12,17,20-21H,4-5,8-11,13-16H2,1H3,(H,32,35)/t20-,21-/m1/s1. The van der Waals surface area contributed by atoms with Crippen molar-refractivity contribution < 1.29 is 9.59 Å². The maximum atomic E-state index is 13.6. The highest BCUT2D eigenvalue weighted by atomic mass is 32.1. The molecule has 6 rings (SSSR count). The second kappa shape index (κ2) is 10.2. The average molecular weight is 517 g/mol. The van der Waals surface area contributed by atoms with Crippen molar-refractivity contribution >= 4 is 44.9 Å². The van der Waals surface area contributed by atoms with E-state index in [9.17, 15) is 9.59 Å². The molecule has 0 bridgehead atoms. The van der Waals surface area contributed by atoms with Gasteiger partial charge in [0.2, 0.25) is 11.8 Å². The first kappa shape index (κ1) is 24.0. The first-order valence-electron chi connectivity index (χ1n) is 13.3. The third-order valence-electron chi connectivity index (χ3n) is 7.81. The normalized spacial score (nSPS) is 21.6. The molecule has 1 aliphatic heterocycles. The first-order chi connectivity index (χ1) is 18.1. The molecule has 1 N–H and O–H groups in total. The Balaban J connectivity index is 1.16. The number of carbonyl (C=O) groups excluding carboxylic acids is 2. The van der Waals surface area contributed by atoms with E-state index in [2.05, 4.69) is 15.2 Å². The van der Waals surface area contributed by atoms with Gasteiger partial charge in [-0.3, -0.25) is 14.6 Å². The van der Waals surface area contributed by atoms with E-state index >= 15 is 0 Å². The van der Waals surface area contributed by atoms with Crippen LogP contribution >= 0.6 is 11.3 Å². The van der Waals surface area contributed by atoms with Crippen LogP contribution in [0.15, 0.2) is 36.7 Å². The minimum Gasteiger partial charge on any atom is -0.352 e. The summed E-state index contributed by atoms with van der Waals surface area (Å²) < 4.78 is 0. The molecule has 1 fully saturated rings. The van der Waals surface area contributed by atoms with Crippen molar-refractivity contribution in [2.24, 2.45) is 11.8 Å². The Bertz CT molecular complexity index is 1350. The molecule has 3 aliphatic rings. The van der Waals surface area contributed by atoms with Crippen LogP contribution < -0.4 is 10.2 Å². The summed E-state index contributed by atoms with van der Waals surface area (Å²) in [6, 6.07) is 3.60. The number of carbonyl (C=O) groups is 2. The lowest BCUT2D eigenvalue weighted by Gasteiger charge is -2.39. The van der Waals surface area contributed by atoms with E-state index in [1.165, 1.54) is 28.7 Å². The van der Waals surface area contributed by atoms with Gasteiger partial charge < -0.3 is 15.1 Å². The maximum absolute atomic E-state index is 13.6. The molecule has 2 atom stereocenters. The number of hydrogen-bond donors (Lipinski definition) is 1. The molecule has 0 aromatic carbocycles. The molecule has 0 saturated carbocycles. The molecule has 2 aliphatic carbocycles.